The van der Waals surface area contributed by atoms with E-state index in [2.05, 4.69) is 16.8 Å². The van der Waals surface area contributed by atoms with Crippen molar-refractivity contribution < 1.29 is 4.79 Å². The van der Waals surface area contributed by atoms with Gasteiger partial charge in [0.15, 0.2) is 0 Å². The minimum atomic E-state index is 0.109. The molecule has 3 rings (SSSR count). The first-order valence-electron chi connectivity index (χ1n) is 7.18. The molecule has 1 aliphatic heterocycles. The van der Waals surface area contributed by atoms with Crippen LogP contribution in [0.2, 0.25) is 0 Å². The van der Waals surface area contributed by atoms with Crippen molar-refractivity contribution in [2.24, 2.45) is 11.7 Å². The van der Waals surface area contributed by atoms with E-state index in [1.54, 1.807) is 0 Å². The second kappa shape index (κ2) is 5.21. The predicted molar refractivity (Wildman–Crippen MR) is 76.0 cm³/mol. The van der Waals surface area contributed by atoms with E-state index < -0.39 is 0 Å². The second-order valence-electron chi connectivity index (χ2n) is 5.74. The molecule has 2 N–H and O–H groups in total. The van der Waals surface area contributed by atoms with Gasteiger partial charge in [0, 0.05) is 24.0 Å². The zero-order valence-corrected chi connectivity index (χ0v) is 12.2. The van der Waals surface area contributed by atoms with E-state index in [4.69, 9.17) is 5.73 Å². The van der Waals surface area contributed by atoms with Crippen LogP contribution in [0, 0.1) is 5.92 Å². The molecule has 5 heteroatoms. The molecular weight excluding hydrogens is 258 g/mol. The van der Waals surface area contributed by atoms with Gasteiger partial charge in [0.1, 0.15) is 10.7 Å². The van der Waals surface area contributed by atoms with Crippen LogP contribution < -0.4 is 5.73 Å². The number of fused-ring (bicyclic) bond motifs is 1. The third kappa shape index (κ3) is 2.30. The Labute approximate surface area is 118 Å². The molecule has 19 heavy (non-hydrogen) atoms. The van der Waals surface area contributed by atoms with Gasteiger partial charge >= 0.3 is 0 Å². The predicted octanol–water partition coefficient (Wildman–Crippen LogP) is 2.40. The Morgan fingerprint density at radius 3 is 3.05 bits per heavy atom. The van der Waals surface area contributed by atoms with Gasteiger partial charge in [-0.1, -0.05) is 12.8 Å². The largest absolute Gasteiger partial charge is 0.331 e. The van der Waals surface area contributed by atoms with E-state index in [1.807, 2.05) is 5.38 Å². The first-order valence-corrected chi connectivity index (χ1v) is 8.05. The standard InChI is InChI=1S/C14H21N3OS/c1-9-6-10-4-2-3-5-12(10)17(9)14(18)11-8-19-13(7-15)16-11/h8-10,12H,2-7,15H2,1H3. The number of thiazole rings is 1. The highest BCUT2D eigenvalue weighted by Crippen LogP contribution is 2.40. The minimum absolute atomic E-state index is 0.109. The summed E-state index contributed by atoms with van der Waals surface area (Å²) in [6, 6.07) is 0.794. The number of likely N-dealkylation sites (tertiary alicyclic amines) is 1. The van der Waals surface area contributed by atoms with Crippen molar-refractivity contribution in [3.63, 3.8) is 0 Å². The van der Waals surface area contributed by atoms with Crippen molar-refractivity contribution in [3.8, 4) is 0 Å². The van der Waals surface area contributed by atoms with Gasteiger partial charge in [-0.3, -0.25) is 4.79 Å². The molecule has 1 saturated heterocycles. The molecule has 0 radical (unpaired) electrons. The van der Waals surface area contributed by atoms with Crippen molar-refractivity contribution >= 4 is 17.2 Å². The summed E-state index contributed by atoms with van der Waals surface area (Å²) >= 11 is 1.48. The maximum absolute atomic E-state index is 12.7. The molecule has 1 saturated carbocycles. The average Bonchev–Trinajstić information content (AvgIpc) is 3.01. The number of nitrogens with zero attached hydrogens (tertiary/aromatic N) is 2. The van der Waals surface area contributed by atoms with Crippen LogP contribution in [0.1, 0.15) is 54.5 Å². The van der Waals surface area contributed by atoms with Crippen molar-refractivity contribution in [1.82, 2.24) is 9.88 Å². The minimum Gasteiger partial charge on any atom is -0.331 e. The Morgan fingerprint density at radius 2 is 2.32 bits per heavy atom. The molecule has 104 valence electrons. The number of amides is 1. The Kier molecular flexibility index (Phi) is 3.58. The van der Waals surface area contributed by atoms with Crippen LogP contribution in [-0.4, -0.2) is 27.9 Å². The number of aromatic nitrogens is 1. The molecule has 1 aromatic rings. The summed E-state index contributed by atoms with van der Waals surface area (Å²) in [5.41, 5.74) is 6.16. The molecular formula is C14H21N3OS. The lowest BCUT2D eigenvalue weighted by atomic mass is 9.85. The van der Waals surface area contributed by atoms with Crippen LogP contribution in [-0.2, 0) is 6.54 Å². The smallest absolute Gasteiger partial charge is 0.273 e. The normalized spacial score (nSPS) is 30.4. The van der Waals surface area contributed by atoms with E-state index in [-0.39, 0.29) is 5.91 Å². The molecule has 0 aromatic carbocycles. The number of hydrogen-bond donors (Lipinski definition) is 1. The second-order valence-corrected chi connectivity index (χ2v) is 6.68. The highest BCUT2D eigenvalue weighted by Gasteiger charge is 2.43. The molecule has 3 atom stereocenters. The first kappa shape index (κ1) is 13.1. The van der Waals surface area contributed by atoms with Crippen molar-refractivity contribution in [3.05, 3.63) is 16.1 Å². The molecule has 2 fully saturated rings. The zero-order chi connectivity index (χ0) is 13.4. The van der Waals surface area contributed by atoms with Gasteiger partial charge in [-0.25, -0.2) is 4.98 Å². The van der Waals surface area contributed by atoms with Gasteiger partial charge < -0.3 is 10.6 Å². The molecule has 1 aromatic heterocycles. The van der Waals surface area contributed by atoms with E-state index in [1.165, 1.54) is 30.6 Å². The van der Waals surface area contributed by atoms with Gasteiger partial charge in [0.2, 0.25) is 0 Å². The maximum atomic E-state index is 12.7. The highest BCUT2D eigenvalue weighted by atomic mass is 32.1. The fourth-order valence-corrected chi connectivity index (χ4v) is 4.34. The number of carbonyl (C=O) groups is 1. The molecule has 2 aliphatic rings. The molecule has 1 aliphatic carbocycles. The van der Waals surface area contributed by atoms with Crippen LogP contribution in [0.4, 0.5) is 0 Å². The summed E-state index contributed by atoms with van der Waals surface area (Å²) < 4.78 is 0. The summed E-state index contributed by atoms with van der Waals surface area (Å²) in [5, 5.41) is 2.70. The van der Waals surface area contributed by atoms with Gasteiger partial charge in [-0.2, -0.15) is 0 Å². The Balaban J connectivity index is 1.81. The number of carbonyl (C=O) groups excluding carboxylic acids is 1. The molecule has 4 nitrogen and oxygen atoms in total. The zero-order valence-electron chi connectivity index (χ0n) is 11.3. The summed E-state index contributed by atoms with van der Waals surface area (Å²) in [4.78, 5) is 19.1. The van der Waals surface area contributed by atoms with Crippen molar-refractivity contribution in [2.45, 2.75) is 57.7 Å². The molecule has 0 bridgehead atoms. The quantitative estimate of drug-likeness (QED) is 0.904. The lowest BCUT2D eigenvalue weighted by molar-refractivity contribution is 0.0628. The van der Waals surface area contributed by atoms with E-state index in [0.29, 0.717) is 30.2 Å². The van der Waals surface area contributed by atoms with Crippen LogP contribution in [0.5, 0.6) is 0 Å². The van der Waals surface area contributed by atoms with Crippen LogP contribution in [0.3, 0.4) is 0 Å². The van der Waals surface area contributed by atoms with E-state index in [9.17, 15) is 4.79 Å². The number of rotatable bonds is 2. The van der Waals surface area contributed by atoms with Gasteiger partial charge in [0.05, 0.1) is 0 Å². The average molecular weight is 279 g/mol. The monoisotopic (exact) mass is 279 g/mol. The molecule has 2 heterocycles. The molecule has 0 spiro atoms. The topological polar surface area (TPSA) is 59.2 Å². The van der Waals surface area contributed by atoms with Gasteiger partial charge in [-0.05, 0) is 32.1 Å². The van der Waals surface area contributed by atoms with Gasteiger partial charge in [0.25, 0.3) is 5.91 Å². The van der Waals surface area contributed by atoms with Crippen molar-refractivity contribution in [1.29, 1.82) is 0 Å². The fourth-order valence-electron chi connectivity index (χ4n) is 3.69. The van der Waals surface area contributed by atoms with E-state index >= 15 is 0 Å². The number of hydrogen-bond acceptors (Lipinski definition) is 4. The van der Waals surface area contributed by atoms with Crippen LogP contribution in [0.25, 0.3) is 0 Å². The Hall–Kier alpha value is -0.940. The fraction of sp³-hybridized carbons (Fsp3) is 0.714. The lowest BCUT2D eigenvalue weighted by Gasteiger charge is -2.32. The van der Waals surface area contributed by atoms with Crippen LogP contribution >= 0.6 is 11.3 Å². The SMILES string of the molecule is CC1CC2CCCCC2N1C(=O)c1csc(CN)n1. The Morgan fingerprint density at radius 1 is 1.53 bits per heavy atom. The molecule has 1 amide bonds. The lowest BCUT2D eigenvalue weighted by Crippen LogP contribution is -2.42. The summed E-state index contributed by atoms with van der Waals surface area (Å²) in [7, 11) is 0. The molecule has 3 unspecified atom stereocenters. The van der Waals surface area contributed by atoms with E-state index in [0.717, 1.165) is 17.8 Å². The highest BCUT2D eigenvalue weighted by molar-refractivity contribution is 7.09. The summed E-state index contributed by atoms with van der Waals surface area (Å²) in [6.07, 6.45) is 6.18. The third-order valence-corrected chi connectivity index (χ3v) is 5.40. The van der Waals surface area contributed by atoms with Crippen molar-refractivity contribution in [2.75, 3.05) is 0 Å². The summed E-state index contributed by atoms with van der Waals surface area (Å²) in [5.74, 6) is 0.818. The number of nitrogens with two attached hydrogens (primary N) is 1. The summed E-state index contributed by atoms with van der Waals surface area (Å²) in [6.45, 7) is 2.59. The first-order chi connectivity index (χ1) is 9.20. The Bertz CT molecular complexity index is 473. The van der Waals surface area contributed by atoms with Crippen LogP contribution in [0.15, 0.2) is 5.38 Å². The maximum Gasteiger partial charge on any atom is 0.273 e. The van der Waals surface area contributed by atoms with Gasteiger partial charge in [-0.15, -0.1) is 11.3 Å². The third-order valence-electron chi connectivity index (χ3n) is 4.52.